The lowest BCUT2D eigenvalue weighted by molar-refractivity contribution is -0.160. The zero-order valence-electron chi connectivity index (χ0n) is 24.0. The second kappa shape index (κ2) is 13.6. The number of esters is 2. The maximum Gasteiger partial charge on any atom is 0.314 e. The molecule has 8 nitrogen and oxygen atoms in total. The van der Waals surface area contributed by atoms with Gasteiger partial charge in [0.05, 0.1) is 17.9 Å². The van der Waals surface area contributed by atoms with Gasteiger partial charge in [0.25, 0.3) is 0 Å². The summed E-state index contributed by atoms with van der Waals surface area (Å²) in [4.78, 5) is 36.6. The first-order chi connectivity index (χ1) is 18.3. The molecule has 0 atom stereocenters. The molecule has 0 radical (unpaired) electrons. The summed E-state index contributed by atoms with van der Waals surface area (Å²) in [6.07, 6.45) is 6.80. The third kappa shape index (κ3) is 9.63. The van der Waals surface area contributed by atoms with Crippen molar-refractivity contribution in [2.24, 2.45) is 10.8 Å². The van der Waals surface area contributed by atoms with Crippen LogP contribution in [0.25, 0.3) is 12.2 Å². The Kier molecular flexibility index (Phi) is 10.9. The quantitative estimate of drug-likeness (QED) is 0.139. The summed E-state index contributed by atoms with van der Waals surface area (Å²) in [5.74, 6) is 0.472. The lowest BCUT2D eigenvalue weighted by Gasteiger charge is -2.18. The van der Waals surface area contributed by atoms with E-state index in [-0.39, 0.29) is 31.3 Å². The molecular weight excluding hydrogens is 500 g/mol. The lowest BCUT2D eigenvalue weighted by Crippen LogP contribution is -2.24. The number of ketones is 1. The zero-order chi connectivity index (χ0) is 29.2. The molecule has 0 aliphatic carbocycles. The number of benzene rings is 2. The largest absolute Gasteiger partial charge is 0.496 e. The van der Waals surface area contributed by atoms with E-state index >= 15 is 0 Å². The fourth-order valence-electron chi connectivity index (χ4n) is 3.04. The van der Waals surface area contributed by atoms with Crippen molar-refractivity contribution in [1.29, 1.82) is 0 Å². The Hall–Kier alpha value is -4.07. The van der Waals surface area contributed by atoms with Crippen molar-refractivity contribution in [3.05, 3.63) is 65.2 Å². The standard InChI is InChI=1S/C31H38O8/c1-9-10-22-17-23(26(35-8)18-27(22)37-20-39-29(34)31(5,6)7)13-16-25(32)21-11-14-24(15-12-21)36-19-38-28(33)30(2,3)4/h9-18H,19-20H2,1-8H3/b10-9-,16-13+. The highest BCUT2D eigenvalue weighted by atomic mass is 16.7. The van der Waals surface area contributed by atoms with E-state index in [1.165, 1.54) is 13.2 Å². The number of carbonyl (C=O) groups is 3. The van der Waals surface area contributed by atoms with E-state index in [0.29, 0.717) is 28.4 Å². The molecule has 0 aliphatic rings. The fourth-order valence-corrected chi connectivity index (χ4v) is 3.04. The SMILES string of the molecule is C/C=C\c1cc(/C=C/C(=O)c2ccc(OCOC(=O)C(C)(C)C)cc2)c(OC)cc1OCOC(=O)C(C)(C)C. The predicted molar refractivity (Wildman–Crippen MR) is 150 cm³/mol. The van der Waals surface area contributed by atoms with Crippen LogP contribution in [-0.4, -0.2) is 38.4 Å². The minimum absolute atomic E-state index is 0.212. The number of methoxy groups -OCH3 is 1. The first-order valence-electron chi connectivity index (χ1n) is 12.5. The molecule has 0 unspecified atom stereocenters. The molecule has 0 spiro atoms. The molecule has 39 heavy (non-hydrogen) atoms. The average Bonchev–Trinajstić information content (AvgIpc) is 2.87. The van der Waals surface area contributed by atoms with E-state index in [0.717, 1.165) is 5.56 Å². The predicted octanol–water partition coefficient (Wildman–Crippen LogP) is 6.48. The van der Waals surface area contributed by atoms with E-state index in [1.807, 2.05) is 25.1 Å². The van der Waals surface area contributed by atoms with Crippen LogP contribution in [0.2, 0.25) is 0 Å². The van der Waals surface area contributed by atoms with Crippen LogP contribution in [0.1, 0.15) is 70.0 Å². The Labute approximate surface area is 230 Å². The fraction of sp³-hybridized carbons (Fsp3) is 0.387. The van der Waals surface area contributed by atoms with E-state index in [1.54, 1.807) is 78.0 Å². The van der Waals surface area contributed by atoms with Crippen LogP contribution in [0.4, 0.5) is 0 Å². The Morgan fingerprint density at radius 2 is 1.28 bits per heavy atom. The topological polar surface area (TPSA) is 97.4 Å². The van der Waals surface area contributed by atoms with Crippen molar-refractivity contribution in [2.45, 2.75) is 48.5 Å². The number of hydrogen-bond acceptors (Lipinski definition) is 8. The molecule has 210 valence electrons. The Bertz CT molecular complexity index is 1210. The van der Waals surface area contributed by atoms with E-state index < -0.39 is 10.8 Å². The molecule has 0 N–H and O–H groups in total. The van der Waals surface area contributed by atoms with Gasteiger partial charge in [-0.2, -0.15) is 0 Å². The van der Waals surface area contributed by atoms with Crippen molar-refractivity contribution in [1.82, 2.24) is 0 Å². The normalized spacial score (nSPS) is 11.9. The summed E-state index contributed by atoms with van der Waals surface area (Å²) in [5, 5.41) is 0. The monoisotopic (exact) mass is 538 g/mol. The maximum absolute atomic E-state index is 12.8. The maximum atomic E-state index is 12.8. The third-order valence-corrected chi connectivity index (χ3v) is 5.31. The second-order valence-corrected chi connectivity index (χ2v) is 10.7. The van der Waals surface area contributed by atoms with Gasteiger partial charge in [-0.1, -0.05) is 12.2 Å². The van der Waals surface area contributed by atoms with Crippen LogP contribution in [0.5, 0.6) is 17.2 Å². The van der Waals surface area contributed by atoms with E-state index in [9.17, 15) is 14.4 Å². The van der Waals surface area contributed by atoms with Crippen molar-refractivity contribution in [2.75, 3.05) is 20.7 Å². The highest BCUT2D eigenvalue weighted by Crippen LogP contribution is 2.32. The van der Waals surface area contributed by atoms with Crippen molar-refractivity contribution in [3.63, 3.8) is 0 Å². The summed E-state index contributed by atoms with van der Waals surface area (Å²) in [6, 6.07) is 10.0. The van der Waals surface area contributed by atoms with Gasteiger partial charge in [-0.05, 0) is 91.0 Å². The number of ether oxygens (including phenoxy) is 5. The van der Waals surface area contributed by atoms with Crippen molar-refractivity contribution >= 4 is 29.9 Å². The zero-order valence-corrected chi connectivity index (χ0v) is 24.0. The molecule has 0 saturated heterocycles. The van der Waals surface area contributed by atoms with Crippen molar-refractivity contribution < 1.29 is 38.1 Å². The van der Waals surface area contributed by atoms with Crippen LogP contribution in [-0.2, 0) is 19.1 Å². The highest BCUT2D eigenvalue weighted by molar-refractivity contribution is 6.07. The molecule has 0 aliphatic heterocycles. The second-order valence-electron chi connectivity index (χ2n) is 10.7. The molecule has 0 aromatic heterocycles. The number of carbonyl (C=O) groups excluding carboxylic acids is 3. The highest BCUT2D eigenvalue weighted by Gasteiger charge is 2.24. The van der Waals surface area contributed by atoms with E-state index in [2.05, 4.69) is 0 Å². The molecule has 0 saturated carbocycles. The van der Waals surface area contributed by atoms with Crippen LogP contribution < -0.4 is 14.2 Å². The average molecular weight is 539 g/mol. The minimum Gasteiger partial charge on any atom is -0.496 e. The molecule has 2 rings (SSSR count). The number of hydrogen-bond donors (Lipinski definition) is 0. The molecule has 0 amide bonds. The summed E-state index contributed by atoms with van der Waals surface area (Å²) in [6.45, 7) is 12.0. The van der Waals surface area contributed by atoms with Crippen LogP contribution in [0.3, 0.4) is 0 Å². The Morgan fingerprint density at radius 1 is 0.744 bits per heavy atom. The smallest absolute Gasteiger partial charge is 0.314 e. The minimum atomic E-state index is -0.636. The Morgan fingerprint density at radius 3 is 1.79 bits per heavy atom. The summed E-state index contributed by atoms with van der Waals surface area (Å²) >= 11 is 0. The summed E-state index contributed by atoms with van der Waals surface area (Å²) in [5.41, 5.74) is 0.599. The first kappa shape index (κ1) is 31.1. The molecule has 0 bridgehead atoms. The van der Waals surface area contributed by atoms with Crippen LogP contribution in [0, 0.1) is 10.8 Å². The molecule has 2 aromatic rings. The van der Waals surface area contributed by atoms with Gasteiger partial charge in [-0.15, -0.1) is 0 Å². The van der Waals surface area contributed by atoms with Gasteiger partial charge in [0.15, 0.2) is 5.78 Å². The molecule has 8 heteroatoms. The van der Waals surface area contributed by atoms with Crippen LogP contribution >= 0.6 is 0 Å². The lowest BCUT2D eigenvalue weighted by atomic mass is 9.97. The van der Waals surface area contributed by atoms with Gasteiger partial charge in [-0.25, -0.2) is 0 Å². The first-order valence-corrected chi connectivity index (χ1v) is 12.5. The van der Waals surface area contributed by atoms with Gasteiger partial charge >= 0.3 is 11.9 Å². The number of allylic oxidation sites excluding steroid dienone is 2. The van der Waals surface area contributed by atoms with Gasteiger partial charge < -0.3 is 23.7 Å². The summed E-state index contributed by atoms with van der Waals surface area (Å²) < 4.78 is 27.0. The van der Waals surface area contributed by atoms with Gasteiger partial charge in [0.1, 0.15) is 17.2 Å². The molecule has 0 heterocycles. The third-order valence-electron chi connectivity index (χ3n) is 5.31. The molecule has 2 aromatic carbocycles. The van der Waals surface area contributed by atoms with Crippen molar-refractivity contribution in [3.8, 4) is 17.2 Å². The molecule has 0 fully saturated rings. The van der Waals surface area contributed by atoms with Gasteiger partial charge in [0.2, 0.25) is 13.6 Å². The van der Waals surface area contributed by atoms with Gasteiger partial charge in [-0.3, -0.25) is 14.4 Å². The Balaban J connectivity index is 2.10. The van der Waals surface area contributed by atoms with E-state index in [4.69, 9.17) is 23.7 Å². The van der Waals surface area contributed by atoms with Gasteiger partial charge in [0, 0.05) is 22.8 Å². The van der Waals surface area contributed by atoms with Crippen LogP contribution in [0.15, 0.2) is 48.6 Å². The number of rotatable bonds is 11. The summed E-state index contributed by atoms with van der Waals surface area (Å²) in [7, 11) is 1.52. The molecular formula is C31H38O8.